The Morgan fingerprint density at radius 1 is 0.900 bits per heavy atom. The molecule has 1 rings (SSSR count). The van der Waals surface area contributed by atoms with Crippen molar-refractivity contribution in [2.24, 2.45) is 5.41 Å². The van der Waals surface area contributed by atoms with Gasteiger partial charge >= 0.3 is 0 Å². The Morgan fingerprint density at radius 2 is 1.50 bits per heavy atom. The van der Waals surface area contributed by atoms with E-state index in [0.29, 0.717) is 5.41 Å². The molecule has 0 saturated carbocycles. The maximum atomic E-state index is 5.43. The van der Waals surface area contributed by atoms with Crippen LogP contribution in [0.15, 0.2) is 0 Å². The number of unbranched alkanes of at least 4 members (excludes halogenated alkanes) is 2. The van der Waals surface area contributed by atoms with E-state index in [4.69, 9.17) is 24.4 Å². The van der Waals surface area contributed by atoms with E-state index < -0.39 is 0 Å². The summed E-state index contributed by atoms with van der Waals surface area (Å²) >= 11 is 10.9. The largest absolute Gasteiger partial charge is 0.371 e. The van der Waals surface area contributed by atoms with Gasteiger partial charge in [-0.05, 0) is 44.1 Å². The zero-order valence-electron chi connectivity index (χ0n) is 13.7. The Balaban J connectivity index is 2.51. The molecule has 0 aliphatic rings. The summed E-state index contributed by atoms with van der Waals surface area (Å²) in [5.41, 5.74) is 3.08. The van der Waals surface area contributed by atoms with E-state index in [-0.39, 0.29) is 0 Å². The Kier molecular flexibility index (Phi) is 6.80. The maximum absolute atomic E-state index is 5.43. The number of hydrogen-bond donors (Lipinski definition) is 0. The molecule has 0 aliphatic heterocycles. The fourth-order valence-corrected chi connectivity index (χ4v) is 3.34. The average molecular weight is 312 g/mol. The van der Waals surface area contributed by atoms with Crippen LogP contribution in [0.5, 0.6) is 0 Å². The molecule has 114 valence electrons. The summed E-state index contributed by atoms with van der Waals surface area (Å²) < 4.78 is 1.88. The van der Waals surface area contributed by atoms with Gasteiger partial charge < -0.3 is 4.90 Å². The van der Waals surface area contributed by atoms with Gasteiger partial charge in [-0.3, -0.25) is 0 Å². The Morgan fingerprint density at radius 3 is 2.00 bits per heavy atom. The van der Waals surface area contributed by atoms with Gasteiger partial charge in [-0.25, -0.2) is 0 Å². The van der Waals surface area contributed by atoms with E-state index in [2.05, 4.69) is 39.5 Å². The highest BCUT2D eigenvalue weighted by atomic mass is 32.1. The summed E-state index contributed by atoms with van der Waals surface area (Å²) in [6, 6.07) is 0. The van der Waals surface area contributed by atoms with E-state index in [9.17, 15) is 0 Å². The first kappa shape index (κ1) is 17.8. The molecule has 0 unspecified atom stereocenters. The van der Waals surface area contributed by atoms with Crippen molar-refractivity contribution in [1.82, 2.24) is 0 Å². The van der Waals surface area contributed by atoms with Crippen molar-refractivity contribution in [2.75, 3.05) is 18.0 Å². The Bertz CT molecular complexity index is 486. The van der Waals surface area contributed by atoms with Crippen LogP contribution in [0.4, 0.5) is 5.69 Å². The van der Waals surface area contributed by atoms with Crippen LogP contribution in [-0.2, 0) is 6.42 Å². The van der Waals surface area contributed by atoms with Crippen LogP contribution in [0.3, 0.4) is 0 Å². The van der Waals surface area contributed by atoms with Gasteiger partial charge in [0.25, 0.3) is 0 Å². The smallest absolute Gasteiger partial charge is 0.0798 e. The van der Waals surface area contributed by atoms with Crippen LogP contribution in [0.2, 0.25) is 0 Å². The van der Waals surface area contributed by atoms with E-state index in [0.717, 1.165) is 28.5 Å². The zero-order chi connectivity index (χ0) is 15.3. The van der Waals surface area contributed by atoms with Crippen molar-refractivity contribution in [3.8, 4) is 0 Å². The molecular formula is C17H29NS2. The summed E-state index contributed by atoms with van der Waals surface area (Å²) in [6.07, 6.45) is 6.25. The molecule has 0 aromatic heterocycles. The first-order valence-corrected chi connectivity index (χ1v) is 8.70. The molecule has 0 saturated heterocycles. The number of hydrogen-bond acceptors (Lipinski definition) is 3. The van der Waals surface area contributed by atoms with Gasteiger partial charge in [0.1, 0.15) is 0 Å². The molecule has 0 spiro atoms. The summed E-state index contributed by atoms with van der Waals surface area (Å²) in [7, 11) is 0. The lowest BCUT2D eigenvalue weighted by atomic mass is 9.89. The lowest BCUT2D eigenvalue weighted by Crippen LogP contribution is -2.25. The van der Waals surface area contributed by atoms with E-state index >= 15 is 0 Å². The molecule has 0 fully saturated rings. The highest BCUT2D eigenvalue weighted by Gasteiger charge is 2.18. The predicted molar refractivity (Wildman–Crippen MR) is 95.7 cm³/mol. The van der Waals surface area contributed by atoms with Crippen LogP contribution >= 0.6 is 24.4 Å². The maximum Gasteiger partial charge on any atom is 0.0798 e. The van der Waals surface area contributed by atoms with E-state index in [1.807, 2.05) is 0 Å². The van der Waals surface area contributed by atoms with Gasteiger partial charge in [-0.2, -0.15) is 0 Å². The van der Waals surface area contributed by atoms with Crippen molar-refractivity contribution in [1.29, 1.82) is 0 Å². The fraction of sp³-hybridized carbons (Fsp3) is 0.765. The molecular weight excluding hydrogens is 282 g/mol. The van der Waals surface area contributed by atoms with Crippen LogP contribution in [-0.4, -0.2) is 13.1 Å². The van der Waals surface area contributed by atoms with Gasteiger partial charge in [0.05, 0.1) is 14.7 Å². The second-order valence-corrected chi connectivity index (χ2v) is 7.60. The molecule has 0 bridgehead atoms. The van der Waals surface area contributed by atoms with Crippen molar-refractivity contribution in [2.45, 2.75) is 66.7 Å². The molecule has 0 atom stereocenters. The highest BCUT2D eigenvalue weighted by Crippen LogP contribution is 2.32. The number of nitrogens with zero attached hydrogens (tertiary/aromatic N) is 1. The van der Waals surface area contributed by atoms with Gasteiger partial charge in [0.2, 0.25) is 0 Å². The number of anilines is 1. The average Bonchev–Trinajstić information content (AvgIpc) is 2.39. The third kappa shape index (κ3) is 4.63. The lowest BCUT2D eigenvalue weighted by Gasteiger charge is -2.27. The molecule has 20 heavy (non-hydrogen) atoms. The van der Waals surface area contributed by atoms with Crippen molar-refractivity contribution >= 4 is 30.1 Å². The quantitative estimate of drug-likeness (QED) is 0.427. The predicted octanol–water partition coefficient (Wildman–Crippen LogP) is 6.02. The first-order valence-electron chi connectivity index (χ1n) is 7.89. The van der Waals surface area contributed by atoms with Crippen molar-refractivity contribution in [3.63, 3.8) is 0 Å². The molecule has 3 heteroatoms. The van der Waals surface area contributed by atoms with E-state index in [1.165, 1.54) is 36.9 Å². The van der Waals surface area contributed by atoms with Crippen molar-refractivity contribution in [3.05, 3.63) is 14.6 Å². The summed E-state index contributed by atoms with van der Waals surface area (Å²) in [4.78, 5) is 2.35. The molecule has 0 radical (unpaired) electrons. The third-order valence-electron chi connectivity index (χ3n) is 3.91. The van der Waals surface area contributed by atoms with Crippen LogP contribution in [0.1, 0.15) is 65.9 Å². The second kappa shape index (κ2) is 7.65. The van der Waals surface area contributed by atoms with E-state index in [1.54, 1.807) is 0 Å². The fourth-order valence-electron chi connectivity index (χ4n) is 2.67. The SMILES string of the molecule is CCN(CC)c1c(CCCCCC(C)(C)C)c(=S)c1=S. The molecule has 1 nitrogen and oxygen atoms in total. The molecule has 0 amide bonds. The Labute approximate surface area is 135 Å². The minimum Gasteiger partial charge on any atom is -0.371 e. The second-order valence-electron chi connectivity index (χ2n) is 6.78. The molecule has 0 aliphatic carbocycles. The summed E-state index contributed by atoms with van der Waals surface area (Å²) in [6.45, 7) is 13.3. The molecule has 0 N–H and O–H groups in total. The molecule has 1 aromatic carbocycles. The minimum absolute atomic E-state index is 0.457. The van der Waals surface area contributed by atoms with Gasteiger partial charge in [-0.1, -0.05) is 58.0 Å². The lowest BCUT2D eigenvalue weighted by molar-refractivity contribution is 0.358. The first-order chi connectivity index (χ1) is 9.31. The van der Waals surface area contributed by atoms with Gasteiger partial charge in [0.15, 0.2) is 0 Å². The monoisotopic (exact) mass is 311 g/mol. The van der Waals surface area contributed by atoms with Gasteiger partial charge in [-0.15, -0.1) is 0 Å². The summed E-state index contributed by atoms with van der Waals surface area (Å²) in [5.74, 6) is 0. The van der Waals surface area contributed by atoms with Crippen LogP contribution in [0, 0.1) is 14.4 Å². The van der Waals surface area contributed by atoms with Gasteiger partial charge in [0, 0.05) is 13.1 Å². The molecule has 1 aromatic rings. The van der Waals surface area contributed by atoms with Crippen molar-refractivity contribution < 1.29 is 0 Å². The normalized spacial score (nSPS) is 12.1. The molecule has 0 heterocycles. The minimum atomic E-state index is 0.457. The van der Waals surface area contributed by atoms with Crippen LogP contribution < -0.4 is 4.90 Å². The topological polar surface area (TPSA) is 3.24 Å². The standard InChI is InChI=1S/C17H29NS2/c1-6-18(7-2)14-13(15(19)16(14)20)11-9-8-10-12-17(3,4)5/h6-12H2,1-5H3. The van der Waals surface area contributed by atoms with Crippen LogP contribution in [0.25, 0.3) is 0 Å². The summed E-state index contributed by atoms with van der Waals surface area (Å²) in [5, 5.41) is 0. The third-order valence-corrected chi connectivity index (χ3v) is 4.89. The number of rotatable bonds is 8. The highest BCUT2D eigenvalue weighted by molar-refractivity contribution is 7.74. The Hall–Kier alpha value is -0.280. The zero-order valence-corrected chi connectivity index (χ0v) is 15.3.